The van der Waals surface area contributed by atoms with Crippen molar-refractivity contribution in [1.82, 2.24) is 10.3 Å². The van der Waals surface area contributed by atoms with E-state index >= 15 is 0 Å². The number of oxazole rings is 1. The number of hydrogen-bond donors (Lipinski definition) is 2. The Morgan fingerprint density at radius 3 is 2.71 bits per heavy atom. The molecule has 0 spiro atoms. The summed E-state index contributed by atoms with van der Waals surface area (Å²) in [5.74, 6) is 0.286. The van der Waals surface area contributed by atoms with Crippen LogP contribution in [-0.2, 0) is 6.54 Å². The van der Waals surface area contributed by atoms with Gasteiger partial charge in [0.25, 0.3) is 5.91 Å². The van der Waals surface area contributed by atoms with Crippen LogP contribution in [0.4, 0.5) is 8.78 Å². The molecule has 180 valence electrons. The normalized spacial score (nSPS) is 14.2. The number of nitrogens with zero attached hydrogens (tertiary/aromatic N) is 1. The zero-order valence-electron chi connectivity index (χ0n) is 18.4. The van der Waals surface area contributed by atoms with Crippen LogP contribution in [0, 0.1) is 5.92 Å². The van der Waals surface area contributed by atoms with Crippen molar-refractivity contribution in [3.63, 3.8) is 0 Å². The average Bonchev–Trinajstić information content (AvgIpc) is 3.52. The van der Waals surface area contributed by atoms with Crippen molar-refractivity contribution in [2.75, 3.05) is 6.61 Å². The number of nitrogens with one attached hydrogen (secondary N) is 1. The van der Waals surface area contributed by atoms with Gasteiger partial charge in [0.05, 0.1) is 12.6 Å². The highest BCUT2D eigenvalue weighted by molar-refractivity contribution is 6.31. The highest BCUT2D eigenvalue weighted by Crippen LogP contribution is 2.37. The van der Waals surface area contributed by atoms with Gasteiger partial charge in [-0.2, -0.15) is 8.78 Å². The summed E-state index contributed by atoms with van der Waals surface area (Å²) in [4.78, 5) is 17.2. The van der Waals surface area contributed by atoms with Crippen LogP contribution in [0.1, 0.15) is 47.6 Å². The fourth-order valence-corrected chi connectivity index (χ4v) is 3.47. The maximum absolute atomic E-state index is 12.9. The van der Waals surface area contributed by atoms with Gasteiger partial charge >= 0.3 is 6.61 Å². The van der Waals surface area contributed by atoms with Crippen molar-refractivity contribution in [2.45, 2.75) is 39.0 Å². The van der Waals surface area contributed by atoms with Gasteiger partial charge < -0.3 is 24.9 Å². The van der Waals surface area contributed by atoms with Crippen molar-refractivity contribution >= 4 is 17.5 Å². The molecule has 1 aliphatic rings. The molecular weight excluding hydrogens is 468 g/mol. The number of carbonyl (C=O) groups is 1. The van der Waals surface area contributed by atoms with E-state index in [-0.39, 0.29) is 35.4 Å². The van der Waals surface area contributed by atoms with Gasteiger partial charge in [0.2, 0.25) is 5.89 Å². The lowest BCUT2D eigenvalue weighted by Gasteiger charge is -2.12. The summed E-state index contributed by atoms with van der Waals surface area (Å²) >= 11 is 6.15. The number of amides is 1. The largest absolute Gasteiger partial charge is 0.489 e. The smallest absolute Gasteiger partial charge is 0.387 e. The fourth-order valence-electron chi connectivity index (χ4n) is 3.27. The van der Waals surface area contributed by atoms with Crippen LogP contribution in [0.3, 0.4) is 0 Å². The van der Waals surface area contributed by atoms with E-state index in [0.717, 1.165) is 18.4 Å². The van der Waals surface area contributed by atoms with Crippen LogP contribution in [0.25, 0.3) is 11.5 Å². The number of carbonyl (C=O) groups excluding carboxylic acids is 1. The second-order valence-corrected chi connectivity index (χ2v) is 8.50. The highest BCUT2D eigenvalue weighted by Gasteiger charge is 2.26. The van der Waals surface area contributed by atoms with E-state index in [0.29, 0.717) is 23.1 Å². The summed E-state index contributed by atoms with van der Waals surface area (Å²) in [6, 6.07) is 10.9. The maximum atomic E-state index is 12.9. The minimum absolute atomic E-state index is 0.0328. The van der Waals surface area contributed by atoms with Crippen LogP contribution in [0.2, 0.25) is 5.02 Å². The quantitative estimate of drug-likeness (QED) is 0.397. The Balaban J connectivity index is 1.59. The molecule has 2 aromatic carbocycles. The third-order valence-corrected chi connectivity index (χ3v) is 5.63. The Morgan fingerprint density at radius 1 is 1.26 bits per heavy atom. The molecule has 7 nitrogen and oxygen atoms in total. The molecule has 0 unspecified atom stereocenters. The summed E-state index contributed by atoms with van der Waals surface area (Å²) < 4.78 is 41.7. The molecule has 1 aliphatic carbocycles. The molecule has 1 amide bonds. The Bertz CT molecular complexity index is 1160. The van der Waals surface area contributed by atoms with Gasteiger partial charge in [-0.15, -0.1) is 0 Å². The number of nitrogens with two attached hydrogens (primary N) is 1. The van der Waals surface area contributed by atoms with Crippen molar-refractivity contribution in [3.05, 3.63) is 64.5 Å². The molecule has 0 radical (unpaired) electrons. The number of rotatable bonds is 10. The van der Waals surface area contributed by atoms with Crippen molar-refractivity contribution in [3.8, 4) is 23.0 Å². The topological polar surface area (TPSA) is 99.6 Å². The number of ether oxygens (including phenoxy) is 2. The minimum atomic E-state index is -2.99. The second-order valence-electron chi connectivity index (χ2n) is 8.09. The standard InChI is InChI=1S/C24H24ClF2N3O4/c1-13(28)21-20(22(31)29-11-16-4-2-3-5-17(16)25)30-23(34-21)15-8-9-18(33-24(26)27)19(10-15)32-12-14-6-7-14/h2-5,8-10,13-14,24H,6-7,11-12,28H2,1H3,(H,29,31)/t13-/m0/s1. The van der Waals surface area contributed by atoms with Crippen LogP contribution in [-0.4, -0.2) is 24.1 Å². The van der Waals surface area contributed by atoms with Crippen molar-refractivity contribution in [2.24, 2.45) is 11.7 Å². The molecule has 3 N–H and O–H groups in total. The zero-order chi connectivity index (χ0) is 24.2. The van der Waals surface area contributed by atoms with E-state index in [1.165, 1.54) is 18.2 Å². The van der Waals surface area contributed by atoms with Crippen LogP contribution >= 0.6 is 11.6 Å². The number of aromatic nitrogens is 1. The van der Waals surface area contributed by atoms with Crippen LogP contribution in [0.5, 0.6) is 11.5 Å². The van der Waals surface area contributed by atoms with Gasteiger partial charge in [-0.1, -0.05) is 29.8 Å². The first-order valence-electron chi connectivity index (χ1n) is 10.8. The molecule has 1 heterocycles. The van der Waals surface area contributed by atoms with Gasteiger partial charge in [-0.05, 0) is 55.5 Å². The van der Waals surface area contributed by atoms with E-state index in [2.05, 4.69) is 15.0 Å². The first-order chi connectivity index (χ1) is 16.3. The summed E-state index contributed by atoms with van der Waals surface area (Å²) in [5.41, 5.74) is 7.22. The van der Waals surface area contributed by atoms with Crippen molar-refractivity contribution < 1.29 is 27.5 Å². The molecule has 34 heavy (non-hydrogen) atoms. The molecule has 0 bridgehead atoms. The second kappa shape index (κ2) is 10.4. The number of hydrogen-bond acceptors (Lipinski definition) is 6. The molecule has 3 aromatic rings. The van der Waals surface area contributed by atoms with E-state index in [1.807, 2.05) is 6.07 Å². The first kappa shape index (κ1) is 24.0. The molecular formula is C24H24ClF2N3O4. The monoisotopic (exact) mass is 491 g/mol. The number of alkyl halides is 2. The minimum Gasteiger partial charge on any atom is -0.489 e. The fraction of sp³-hybridized carbons (Fsp3) is 0.333. The summed E-state index contributed by atoms with van der Waals surface area (Å²) in [5, 5.41) is 3.30. The summed E-state index contributed by atoms with van der Waals surface area (Å²) in [6.07, 6.45) is 2.07. The Morgan fingerprint density at radius 2 is 2.03 bits per heavy atom. The predicted molar refractivity (Wildman–Crippen MR) is 122 cm³/mol. The Kier molecular flexibility index (Phi) is 7.33. The first-order valence-corrected chi connectivity index (χ1v) is 11.2. The van der Waals surface area contributed by atoms with Gasteiger partial charge in [0, 0.05) is 17.1 Å². The van der Waals surface area contributed by atoms with Gasteiger partial charge in [0.1, 0.15) is 0 Å². The number of benzene rings is 2. The third kappa shape index (κ3) is 5.84. The molecule has 0 aliphatic heterocycles. The van der Waals surface area contributed by atoms with Crippen LogP contribution < -0.4 is 20.5 Å². The lowest BCUT2D eigenvalue weighted by atomic mass is 10.2. The molecule has 4 rings (SSSR count). The van der Waals surface area contributed by atoms with E-state index in [9.17, 15) is 13.6 Å². The highest BCUT2D eigenvalue weighted by atomic mass is 35.5. The van der Waals surface area contributed by atoms with Gasteiger partial charge in [0.15, 0.2) is 23.0 Å². The maximum Gasteiger partial charge on any atom is 0.387 e. The molecule has 1 fully saturated rings. The SMILES string of the molecule is C[C@H](N)c1oc(-c2ccc(OC(F)F)c(OCC3CC3)c2)nc1C(=O)NCc1ccccc1Cl. The average molecular weight is 492 g/mol. The molecule has 10 heteroatoms. The van der Waals surface area contributed by atoms with E-state index in [1.54, 1.807) is 25.1 Å². The molecule has 1 atom stereocenters. The lowest BCUT2D eigenvalue weighted by Crippen LogP contribution is -2.25. The molecule has 1 aromatic heterocycles. The zero-order valence-corrected chi connectivity index (χ0v) is 19.1. The summed E-state index contributed by atoms with van der Waals surface area (Å²) in [7, 11) is 0. The van der Waals surface area contributed by atoms with Crippen LogP contribution in [0.15, 0.2) is 46.9 Å². The van der Waals surface area contributed by atoms with E-state index < -0.39 is 18.6 Å². The third-order valence-electron chi connectivity index (χ3n) is 5.26. The van der Waals surface area contributed by atoms with Crippen molar-refractivity contribution in [1.29, 1.82) is 0 Å². The van der Waals surface area contributed by atoms with Gasteiger partial charge in [-0.25, -0.2) is 4.98 Å². The summed E-state index contributed by atoms with van der Waals surface area (Å²) in [6.45, 7) is -0.736. The lowest BCUT2D eigenvalue weighted by molar-refractivity contribution is -0.0515. The Labute approximate surface area is 200 Å². The van der Waals surface area contributed by atoms with Gasteiger partial charge in [-0.3, -0.25) is 4.79 Å². The van der Waals surface area contributed by atoms with E-state index in [4.69, 9.17) is 26.5 Å². The molecule has 0 saturated heterocycles. The number of halogens is 3. The predicted octanol–water partition coefficient (Wildman–Crippen LogP) is 5.33. The molecule has 1 saturated carbocycles. The Hall–Kier alpha value is -3.17.